The topological polar surface area (TPSA) is 175 Å². The second kappa shape index (κ2) is 24.1. The maximum absolute atomic E-state index is 13.3. The van der Waals surface area contributed by atoms with Crippen LogP contribution in [0.1, 0.15) is 75.4 Å². The summed E-state index contributed by atoms with van der Waals surface area (Å²) < 4.78 is 52.8. The molecule has 354 valence electrons. The highest BCUT2D eigenvalue weighted by atomic mass is 35.5. The highest BCUT2D eigenvalue weighted by Gasteiger charge is 2.44. The summed E-state index contributed by atoms with van der Waals surface area (Å²) in [6, 6.07) is 31.8. The average Bonchev–Trinajstić information content (AvgIpc) is 3.70. The lowest BCUT2D eigenvalue weighted by Crippen LogP contribution is -2.39. The van der Waals surface area contributed by atoms with Gasteiger partial charge < -0.3 is 43.2 Å². The molecule has 5 atom stereocenters. The molecule has 3 N–H and O–H groups in total. The van der Waals surface area contributed by atoms with Crippen molar-refractivity contribution in [1.82, 2.24) is 14.2 Å². The number of nitrogens with zero attached hydrogens (tertiary/aromatic N) is 2. The summed E-state index contributed by atoms with van der Waals surface area (Å²) in [6.45, 7) is 11.9. The van der Waals surface area contributed by atoms with Gasteiger partial charge in [0.15, 0.2) is 0 Å². The Morgan fingerprint density at radius 2 is 1.44 bits per heavy atom. The maximum atomic E-state index is 13.3. The van der Waals surface area contributed by atoms with Gasteiger partial charge in [0.1, 0.15) is 41.3 Å². The molecular weight excluding hydrogens is 887 g/mol. The highest BCUT2D eigenvalue weighted by Crippen LogP contribution is 2.46. The lowest BCUT2D eigenvalue weighted by Gasteiger charge is -2.37. The predicted octanol–water partition coefficient (Wildman–Crippen LogP) is 8.88. The van der Waals surface area contributed by atoms with Gasteiger partial charge in [-0.3, -0.25) is 14.3 Å². The van der Waals surface area contributed by atoms with Crippen LogP contribution in [0.5, 0.6) is 17.2 Å². The standard InChI is InChI=1S/C49H60ClN4O11P/c1-33(2)54(34(3)4)66(61-28-10-26-51)62-29-11-27-59-41-22-16-38(17-23-41)49(36-12-8-7-9-13-36,37-14-20-40(58-6)21-15-37)60-32-44-43(65-48(57)63-42-24-18-39(50)19-25-42)30-45(64-44)53-31-35(5)46(55)52-47(53)56/h7-9,12-25,31,33-34,43-45H,10-11,26-30,32,51H2,1-6H3,(H,52,55,56)/t43?,44-,45-,49?,66?/m1/s1. The van der Waals surface area contributed by atoms with Gasteiger partial charge in [0.2, 0.25) is 0 Å². The smallest absolute Gasteiger partial charge is 0.497 e. The van der Waals surface area contributed by atoms with Crippen molar-refractivity contribution in [2.24, 2.45) is 5.73 Å². The zero-order valence-corrected chi connectivity index (χ0v) is 39.9. The minimum atomic E-state index is -1.27. The summed E-state index contributed by atoms with van der Waals surface area (Å²) in [6.07, 6.45) is -0.927. The van der Waals surface area contributed by atoms with Gasteiger partial charge >= 0.3 is 11.8 Å². The zero-order chi connectivity index (χ0) is 47.2. The van der Waals surface area contributed by atoms with Gasteiger partial charge in [0.25, 0.3) is 14.1 Å². The molecule has 0 bridgehead atoms. The minimum Gasteiger partial charge on any atom is -0.497 e. The Bertz CT molecular complexity index is 2390. The van der Waals surface area contributed by atoms with Crippen molar-refractivity contribution in [2.45, 2.75) is 90.0 Å². The summed E-state index contributed by atoms with van der Waals surface area (Å²) in [5.74, 6) is 1.53. The molecule has 1 aliphatic heterocycles. The van der Waals surface area contributed by atoms with Crippen LogP contribution in [-0.2, 0) is 28.9 Å². The fraction of sp³-hybridized carbons (Fsp3) is 0.408. The Labute approximate surface area is 391 Å². The SMILES string of the molecule is COc1ccc(C(OC[C@H]2O[C@@H](n3cc(C)c(=O)[nH]c3=O)CC2OC(=O)Oc2ccc(Cl)cc2)(c2ccccc2)c2ccc(OCCCOP(OCCCN)N(C(C)C)C(C)C)cc2)cc1. The molecule has 5 aromatic rings. The summed E-state index contributed by atoms with van der Waals surface area (Å²) in [4.78, 5) is 41.0. The van der Waals surface area contributed by atoms with Gasteiger partial charge in [0.05, 0.1) is 33.5 Å². The molecule has 1 fully saturated rings. The number of H-pyrrole nitrogens is 1. The second-order valence-corrected chi connectivity index (χ2v) is 18.1. The molecule has 1 saturated heterocycles. The first kappa shape index (κ1) is 50.3. The largest absolute Gasteiger partial charge is 0.514 e. The van der Waals surface area contributed by atoms with E-state index in [0.29, 0.717) is 54.9 Å². The molecule has 0 amide bonds. The van der Waals surface area contributed by atoms with E-state index in [4.69, 9.17) is 54.8 Å². The van der Waals surface area contributed by atoms with Crippen LogP contribution in [-0.4, -0.2) is 84.8 Å². The number of hydrogen-bond acceptors (Lipinski definition) is 13. The number of carbonyl (C=O) groups excluding carboxylic acids is 1. The molecule has 66 heavy (non-hydrogen) atoms. The third kappa shape index (κ3) is 12.9. The number of ether oxygens (including phenoxy) is 6. The molecule has 1 aliphatic rings. The van der Waals surface area contributed by atoms with Crippen LogP contribution >= 0.6 is 20.1 Å². The molecule has 3 unspecified atom stereocenters. The molecular formula is C49H60ClN4O11P. The predicted molar refractivity (Wildman–Crippen MR) is 253 cm³/mol. The Morgan fingerprint density at radius 3 is 2.05 bits per heavy atom. The molecule has 15 nitrogen and oxygen atoms in total. The summed E-state index contributed by atoms with van der Waals surface area (Å²) in [5, 5.41) is 0.471. The third-order valence-corrected chi connectivity index (χ3v) is 13.2. The van der Waals surface area contributed by atoms with E-state index in [9.17, 15) is 14.4 Å². The van der Waals surface area contributed by atoms with Crippen molar-refractivity contribution in [3.63, 3.8) is 0 Å². The van der Waals surface area contributed by atoms with E-state index >= 15 is 0 Å². The number of halogens is 1. The lowest BCUT2D eigenvalue weighted by molar-refractivity contribution is -0.0975. The van der Waals surface area contributed by atoms with Gasteiger partial charge in [-0.1, -0.05) is 66.2 Å². The number of carbonyl (C=O) groups is 1. The van der Waals surface area contributed by atoms with Gasteiger partial charge in [-0.05, 0) is 113 Å². The van der Waals surface area contributed by atoms with E-state index in [1.54, 1.807) is 38.3 Å². The summed E-state index contributed by atoms with van der Waals surface area (Å²) in [7, 11) is 0.335. The summed E-state index contributed by atoms with van der Waals surface area (Å²) in [5.41, 5.74) is 5.91. The molecule has 1 aromatic heterocycles. The highest BCUT2D eigenvalue weighted by molar-refractivity contribution is 7.44. The molecule has 6 rings (SSSR count). The number of methoxy groups -OCH3 is 1. The number of aromatic amines is 1. The Balaban J connectivity index is 1.26. The van der Waals surface area contributed by atoms with Crippen molar-refractivity contribution in [1.29, 1.82) is 0 Å². The lowest BCUT2D eigenvalue weighted by atomic mass is 9.80. The molecule has 0 aliphatic carbocycles. The van der Waals surface area contributed by atoms with E-state index < -0.39 is 50.0 Å². The van der Waals surface area contributed by atoms with Crippen LogP contribution < -0.4 is 31.2 Å². The van der Waals surface area contributed by atoms with Gasteiger partial charge in [-0.2, -0.15) is 0 Å². The Kier molecular flexibility index (Phi) is 18.4. The van der Waals surface area contributed by atoms with Crippen molar-refractivity contribution in [3.05, 3.63) is 157 Å². The Hall–Kier alpha value is -5.09. The molecule has 0 spiro atoms. The van der Waals surface area contributed by atoms with Gasteiger partial charge in [-0.25, -0.2) is 14.3 Å². The number of nitrogens with two attached hydrogens (primary N) is 1. The third-order valence-electron chi connectivity index (χ3n) is 10.9. The molecule has 2 heterocycles. The monoisotopic (exact) mass is 946 g/mol. The first-order chi connectivity index (χ1) is 31.8. The number of benzene rings is 4. The van der Waals surface area contributed by atoms with Gasteiger partial charge in [-0.15, -0.1) is 0 Å². The molecule has 4 aromatic carbocycles. The molecule has 0 radical (unpaired) electrons. The second-order valence-electron chi connectivity index (χ2n) is 16.2. The van der Waals surface area contributed by atoms with Crippen LogP contribution in [0.25, 0.3) is 0 Å². The van der Waals surface area contributed by atoms with Crippen molar-refractivity contribution < 1.29 is 42.3 Å². The minimum absolute atomic E-state index is 0.0454. The number of nitrogens with one attached hydrogen (secondary N) is 1. The normalized spacial score (nSPS) is 17.5. The number of aromatic nitrogens is 2. The van der Waals surface area contributed by atoms with E-state index in [1.807, 2.05) is 78.9 Å². The van der Waals surface area contributed by atoms with Crippen molar-refractivity contribution >= 4 is 26.3 Å². The van der Waals surface area contributed by atoms with E-state index in [-0.39, 0.29) is 30.9 Å². The summed E-state index contributed by atoms with van der Waals surface area (Å²) >= 11 is 6.04. The number of rotatable bonds is 23. The average molecular weight is 947 g/mol. The van der Waals surface area contributed by atoms with E-state index in [2.05, 4.69) is 37.3 Å². The van der Waals surface area contributed by atoms with Crippen LogP contribution in [0.2, 0.25) is 5.02 Å². The van der Waals surface area contributed by atoms with Crippen molar-refractivity contribution in [3.8, 4) is 17.2 Å². The van der Waals surface area contributed by atoms with E-state index in [1.165, 1.54) is 10.8 Å². The first-order valence-electron chi connectivity index (χ1n) is 22.1. The van der Waals surface area contributed by atoms with Crippen LogP contribution in [0.4, 0.5) is 4.79 Å². The van der Waals surface area contributed by atoms with Crippen molar-refractivity contribution in [2.75, 3.05) is 40.1 Å². The Morgan fingerprint density at radius 1 is 0.848 bits per heavy atom. The van der Waals surface area contributed by atoms with Crippen LogP contribution in [0.3, 0.4) is 0 Å². The number of aryl methyl sites for hydroxylation is 1. The first-order valence-corrected chi connectivity index (χ1v) is 23.6. The zero-order valence-electron chi connectivity index (χ0n) is 38.2. The van der Waals surface area contributed by atoms with Gasteiger partial charge in [0, 0.05) is 41.7 Å². The fourth-order valence-electron chi connectivity index (χ4n) is 7.69. The fourth-order valence-corrected chi connectivity index (χ4v) is 9.49. The number of hydrogen-bond donors (Lipinski definition) is 2. The van der Waals surface area contributed by atoms with Crippen LogP contribution in [0.15, 0.2) is 119 Å². The molecule has 0 saturated carbocycles. The maximum Gasteiger partial charge on any atom is 0.514 e. The molecule has 17 heteroatoms. The van der Waals surface area contributed by atoms with E-state index in [0.717, 1.165) is 23.1 Å². The van der Waals surface area contributed by atoms with Crippen LogP contribution in [0, 0.1) is 6.92 Å². The quantitative estimate of drug-likeness (QED) is 0.0209.